The lowest BCUT2D eigenvalue weighted by molar-refractivity contribution is 0.942. The van der Waals surface area contributed by atoms with Gasteiger partial charge >= 0.3 is 0 Å². The molecule has 2 aromatic rings. The Balaban J connectivity index is 2.20. The molecule has 0 radical (unpaired) electrons. The summed E-state index contributed by atoms with van der Waals surface area (Å²) in [4.78, 5) is 1.23. The Morgan fingerprint density at radius 3 is 2.81 bits per heavy atom. The van der Waals surface area contributed by atoms with E-state index in [9.17, 15) is 0 Å². The Kier molecular flexibility index (Phi) is 3.93. The number of hydrogen-bond donors (Lipinski definition) is 1. The predicted molar refractivity (Wildman–Crippen MR) is 68.0 cm³/mol. The van der Waals surface area contributed by atoms with Crippen LogP contribution < -0.4 is 5.73 Å². The summed E-state index contributed by atoms with van der Waals surface area (Å²) in [7, 11) is 0. The van der Waals surface area contributed by atoms with Gasteiger partial charge in [0.2, 0.25) is 0 Å². The van der Waals surface area contributed by atoms with Crippen LogP contribution in [0.4, 0.5) is 0 Å². The summed E-state index contributed by atoms with van der Waals surface area (Å²) in [6, 6.07) is 8.30. The van der Waals surface area contributed by atoms with E-state index in [2.05, 4.69) is 22.3 Å². The van der Waals surface area contributed by atoms with Crippen LogP contribution in [0.5, 0.6) is 0 Å². The van der Waals surface area contributed by atoms with Crippen LogP contribution in [0.3, 0.4) is 0 Å². The van der Waals surface area contributed by atoms with Crippen molar-refractivity contribution in [2.75, 3.05) is 6.54 Å². The highest BCUT2D eigenvalue weighted by atomic mass is 32.2. The minimum atomic E-state index is 0.673. The van der Waals surface area contributed by atoms with E-state index < -0.39 is 0 Å². The highest BCUT2D eigenvalue weighted by Crippen LogP contribution is 2.32. The van der Waals surface area contributed by atoms with Gasteiger partial charge in [0.05, 0.1) is 0 Å². The predicted octanol–water partition coefficient (Wildman–Crippen LogP) is 2.50. The molecule has 0 atom stereocenters. The van der Waals surface area contributed by atoms with E-state index in [0.29, 0.717) is 6.54 Å². The third-order valence-electron chi connectivity index (χ3n) is 2.09. The van der Waals surface area contributed by atoms with Crippen LogP contribution in [-0.2, 0) is 6.42 Å². The lowest BCUT2D eigenvalue weighted by Crippen LogP contribution is -2.03. The van der Waals surface area contributed by atoms with E-state index in [1.165, 1.54) is 10.5 Å². The molecule has 0 saturated heterocycles. The molecule has 1 aromatic heterocycles. The molecule has 0 spiro atoms. The zero-order valence-corrected chi connectivity index (χ0v) is 10.6. The molecule has 0 saturated carbocycles. The smallest absolute Gasteiger partial charge is 0.179 e. The molecule has 5 heteroatoms. The van der Waals surface area contributed by atoms with Gasteiger partial charge in [-0.3, -0.25) is 0 Å². The highest BCUT2D eigenvalue weighted by Gasteiger charge is 2.06. The molecule has 3 nitrogen and oxygen atoms in total. The fourth-order valence-electron chi connectivity index (χ4n) is 1.38. The van der Waals surface area contributed by atoms with Crippen LogP contribution in [0.25, 0.3) is 0 Å². The molecule has 0 aliphatic heterocycles. The summed E-state index contributed by atoms with van der Waals surface area (Å²) < 4.78 is 0.988. The zero-order chi connectivity index (χ0) is 11.4. The number of rotatable bonds is 4. The minimum absolute atomic E-state index is 0.673. The van der Waals surface area contributed by atoms with E-state index in [1.54, 1.807) is 23.1 Å². The first-order chi connectivity index (χ1) is 7.79. The van der Waals surface area contributed by atoms with Crippen LogP contribution in [-0.4, -0.2) is 16.7 Å². The number of benzene rings is 1. The topological polar surface area (TPSA) is 51.8 Å². The number of hydrogen-bond acceptors (Lipinski definition) is 5. The largest absolute Gasteiger partial charge is 0.330 e. The van der Waals surface area contributed by atoms with Crippen LogP contribution in [0.2, 0.25) is 0 Å². The molecule has 0 aliphatic rings. The second-order valence-electron chi connectivity index (χ2n) is 3.34. The first-order valence-electron chi connectivity index (χ1n) is 5.05. The standard InChI is InChI=1S/C11H13N3S2/c1-8-13-14-11(15-8)16-10-5-3-2-4-9(10)6-7-12/h2-5H,6-7,12H2,1H3. The van der Waals surface area contributed by atoms with E-state index in [0.717, 1.165) is 15.8 Å². The number of nitrogens with zero attached hydrogens (tertiary/aromatic N) is 2. The number of nitrogens with two attached hydrogens (primary N) is 1. The third kappa shape index (κ3) is 2.81. The summed E-state index contributed by atoms with van der Waals surface area (Å²) in [5.41, 5.74) is 6.87. The Hall–Kier alpha value is -0.910. The quantitative estimate of drug-likeness (QED) is 0.907. The van der Waals surface area contributed by atoms with Gasteiger partial charge in [0.1, 0.15) is 5.01 Å². The minimum Gasteiger partial charge on any atom is -0.330 e. The monoisotopic (exact) mass is 251 g/mol. The molecule has 0 unspecified atom stereocenters. The molecule has 0 bridgehead atoms. The van der Waals surface area contributed by atoms with Crippen molar-refractivity contribution in [2.24, 2.45) is 5.73 Å². The van der Waals surface area contributed by atoms with Gasteiger partial charge in [0.25, 0.3) is 0 Å². The van der Waals surface area contributed by atoms with E-state index in [-0.39, 0.29) is 0 Å². The molecule has 0 fully saturated rings. The Labute approximate surface area is 103 Å². The lowest BCUT2D eigenvalue weighted by Gasteiger charge is -2.05. The summed E-state index contributed by atoms with van der Waals surface area (Å²) in [6.45, 7) is 2.64. The fraction of sp³-hybridized carbons (Fsp3) is 0.273. The Morgan fingerprint density at radius 1 is 1.31 bits per heavy atom. The SMILES string of the molecule is Cc1nnc(Sc2ccccc2CCN)s1. The van der Waals surface area contributed by atoms with Crippen molar-refractivity contribution in [1.29, 1.82) is 0 Å². The molecule has 16 heavy (non-hydrogen) atoms. The molecule has 84 valence electrons. The molecule has 0 amide bonds. The van der Waals surface area contributed by atoms with Crippen LogP contribution in [0.15, 0.2) is 33.5 Å². The van der Waals surface area contributed by atoms with Gasteiger partial charge in [-0.15, -0.1) is 10.2 Å². The normalized spacial score (nSPS) is 10.6. The maximum absolute atomic E-state index is 5.59. The Morgan fingerprint density at radius 2 is 2.12 bits per heavy atom. The Bertz CT molecular complexity index is 468. The van der Waals surface area contributed by atoms with Crippen LogP contribution in [0, 0.1) is 6.92 Å². The lowest BCUT2D eigenvalue weighted by atomic mass is 10.1. The van der Waals surface area contributed by atoms with Crippen molar-refractivity contribution < 1.29 is 0 Å². The van der Waals surface area contributed by atoms with Crippen molar-refractivity contribution in [3.63, 3.8) is 0 Å². The van der Waals surface area contributed by atoms with Crippen LogP contribution >= 0.6 is 23.1 Å². The van der Waals surface area contributed by atoms with Gasteiger partial charge < -0.3 is 5.73 Å². The molecule has 0 aliphatic carbocycles. The average Bonchev–Trinajstić information content (AvgIpc) is 2.67. The van der Waals surface area contributed by atoms with Gasteiger partial charge in [-0.25, -0.2) is 0 Å². The number of aromatic nitrogens is 2. The van der Waals surface area contributed by atoms with Gasteiger partial charge in [0.15, 0.2) is 4.34 Å². The van der Waals surface area contributed by atoms with Crippen molar-refractivity contribution >= 4 is 23.1 Å². The fourth-order valence-corrected chi connectivity index (χ4v) is 3.31. The van der Waals surface area contributed by atoms with Gasteiger partial charge in [-0.2, -0.15) is 0 Å². The van der Waals surface area contributed by atoms with Crippen LogP contribution in [0.1, 0.15) is 10.6 Å². The first-order valence-corrected chi connectivity index (χ1v) is 6.69. The molecule has 2 N–H and O–H groups in total. The highest BCUT2D eigenvalue weighted by molar-refractivity contribution is 8.01. The zero-order valence-electron chi connectivity index (χ0n) is 9.01. The second-order valence-corrected chi connectivity index (χ2v) is 5.81. The summed E-state index contributed by atoms with van der Waals surface area (Å²) in [5, 5.41) is 9.12. The first kappa shape index (κ1) is 11.6. The maximum Gasteiger partial charge on any atom is 0.179 e. The summed E-state index contributed by atoms with van der Waals surface area (Å²) in [5.74, 6) is 0. The third-order valence-corrected chi connectivity index (χ3v) is 4.10. The molecule has 1 aromatic carbocycles. The molecule has 1 heterocycles. The van der Waals surface area contributed by atoms with Gasteiger partial charge in [0, 0.05) is 4.90 Å². The van der Waals surface area contributed by atoms with Gasteiger partial charge in [-0.1, -0.05) is 41.3 Å². The summed E-state index contributed by atoms with van der Waals surface area (Å²) in [6.07, 6.45) is 0.904. The molecular weight excluding hydrogens is 238 g/mol. The van der Waals surface area contributed by atoms with Gasteiger partial charge in [-0.05, 0) is 31.5 Å². The van der Waals surface area contributed by atoms with Crippen molar-refractivity contribution in [1.82, 2.24) is 10.2 Å². The average molecular weight is 251 g/mol. The van der Waals surface area contributed by atoms with Crippen molar-refractivity contribution in [3.05, 3.63) is 34.8 Å². The molecular formula is C11H13N3S2. The molecule has 2 rings (SSSR count). The summed E-state index contributed by atoms with van der Waals surface area (Å²) >= 11 is 3.28. The second kappa shape index (κ2) is 5.43. The van der Waals surface area contributed by atoms with E-state index >= 15 is 0 Å². The van der Waals surface area contributed by atoms with E-state index in [4.69, 9.17) is 5.73 Å². The van der Waals surface area contributed by atoms with Crippen molar-refractivity contribution in [3.8, 4) is 0 Å². The maximum atomic E-state index is 5.59. The van der Waals surface area contributed by atoms with E-state index in [1.807, 2.05) is 19.1 Å². The van der Waals surface area contributed by atoms with Crippen molar-refractivity contribution in [2.45, 2.75) is 22.6 Å². The number of aryl methyl sites for hydroxylation is 1.